The first-order valence-electron chi connectivity index (χ1n) is 10.3. The number of H-pyrrole nitrogens is 1. The Morgan fingerprint density at radius 1 is 1.15 bits per heavy atom. The molecule has 0 radical (unpaired) electrons. The van der Waals surface area contributed by atoms with Gasteiger partial charge in [0.15, 0.2) is 11.6 Å². The Labute approximate surface area is 200 Å². The van der Waals surface area contributed by atoms with Gasteiger partial charge in [-0.05, 0) is 35.7 Å². The number of nitrogen functional groups attached to an aromatic ring is 1. The van der Waals surface area contributed by atoms with Gasteiger partial charge in [0.2, 0.25) is 0 Å². The molecule has 0 unspecified atom stereocenters. The highest BCUT2D eigenvalue weighted by Crippen LogP contribution is 2.36. The van der Waals surface area contributed by atoms with Crippen LogP contribution in [-0.4, -0.2) is 10.9 Å². The smallest absolute Gasteiger partial charge is 0.268 e. The highest BCUT2D eigenvalue weighted by Gasteiger charge is 2.21. The van der Waals surface area contributed by atoms with Gasteiger partial charge >= 0.3 is 0 Å². The molecule has 0 aliphatic carbocycles. The van der Waals surface area contributed by atoms with E-state index < -0.39 is 5.82 Å². The minimum Gasteiger partial charge on any atom is -0.453 e. The van der Waals surface area contributed by atoms with E-state index in [0.717, 1.165) is 16.5 Å². The Kier molecular flexibility index (Phi) is 6.49. The summed E-state index contributed by atoms with van der Waals surface area (Å²) in [6.45, 7) is 4.00. The highest BCUT2D eigenvalue weighted by molar-refractivity contribution is 6.32. The predicted octanol–water partition coefficient (Wildman–Crippen LogP) is 7.04. The highest BCUT2D eigenvalue weighted by atomic mass is 35.5. The number of fused-ring (bicyclic) bond motifs is 1. The monoisotopic (exact) mass is 485 g/mol. The van der Waals surface area contributed by atoms with Crippen molar-refractivity contribution in [2.75, 3.05) is 5.73 Å². The van der Waals surface area contributed by atoms with Crippen molar-refractivity contribution in [2.45, 2.75) is 26.3 Å². The van der Waals surface area contributed by atoms with Crippen molar-refractivity contribution in [3.63, 3.8) is 0 Å². The zero-order chi connectivity index (χ0) is 23.7. The molecule has 5 nitrogen and oxygen atoms in total. The molecule has 0 atom stereocenters. The second-order valence-corrected chi connectivity index (χ2v) is 8.81. The summed E-state index contributed by atoms with van der Waals surface area (Å²) in [6, 6.07) is 15.3. The van der Waals surface area contributed by atoms with E-state index in [2.05, 4.69) is 10.3 Å². The summed E-state index contributed by atoms with van der Waals surface area (Å²) in [5, 5.41) is 4.22. The Morgan fingerprint density at radius 3 is 2.64 bits per heavy atom. The lowest BCUT2D eigenvalue weighted by Crippen LogP contribution is -2.25. The molecule has 33 heavy (non-hydrogen) atoms. The van der Waals surface area contributed by atoms with Crippen LogP contribution >= 0.6 is 23.2 Å². The van der Waals surface area contributed by atoms with Crippen LogP contribution in [0.2, 0.25) is 10.0 Å². The fraction of sp³-hybridized carbons (Fsp3) is 0.160. The topological polar surface area (TPSA) is 80.1 Å². The first-order chi connectivity index (χ1) is 15.7. The maximum Gasteiger partial charge on any atom is 0.268 e. The normalized spacial score (nSPS) is 11.2. The van der Waals surface area contributed by atoms with Gasteiger partial charge in [-0.1, -0.05) is 61.3 Å². The molecule has 0 aliphatic heterocycles. The van der Waals surface area contributed by atoms with E-state index in [4.69, 9.17) is 33.7 Å². The lowest BCUT2D eigenvalue weighted by molar-refractivity contribution is 0.0945. The largest absolute Gasteiger partial charge is 0.453 e. The number of halogens is 3. The molecule has 0 aliphatic rings. The molecular formula is C25H22Cl2FN3O2. The summed E-state index contributed by atoms with van der Waals surface area (Å²) in [5.74, 6) is -0.795. The molecule has 3 aromatic carbocycles. The molecule has 1 amide bonds. The van der Waals surface area contributed by atoms with Gasteiger partial charge in [0.1, 0.15) is 11.4 Å². The van der Waals surface area contributed by atoms with Crippen LogP contribution in [0.25, 0.3) is 10.9 Å². The third-order valence-electron chi connectivity index (χ3n) is 5.23. The van der Waals surface area contributed by atoms with E-state index in [9.17, 15) is 4.79 Å². The fourth-order valence-electron chi connectivity index (χ4n) is 3.77. The SMILES string of the molecule is CC(C)c1c(C(=O)NCc2ccc(Cl)c(Oc3cc(N)cc(Cl)c3)c2F)[nH]c2ccccc12. The molecule has 170 valence electrons. The van der Waals surface area contributed by atoms with Crippen LogP contribution in [0, 0.1) is 5.82 Å². The number of nitrogens with two attached hydrogens (primary N) is 1. The van der Waals surface area contributed by atoms with E-state index in [0.29, 0.717) is 16.4 Å². The van der Waals surface area contributed by atoms with Crippen molar-refractivity contribution in [3.8, 4) is 11.5 Å². The molecule has 0 saturated heterocycles. The molecule has 0 saturated carbocycles. The maximum absolute atomic E-state index is 15.2. The van der Waals surface area contributed by atoms with Crippen LogP contribution in [0.4, 0.5) is 10.1 Å². The number of hydrogen-bond acceptors (Lipinski definition) is 3. The van der Waals surface area contributed by atoms with E-state index in [-0.39, 0.29) is 40.5 Å². The van der Waals surface area contributed by atoms with Gasteiger partial charge in [0.05, 0.1) is 5.02 Å². The zero-order valence-corrected chi connectivity index (χ0v) is 19.5. The minimum absolute atomic E-state index is 0.0528. The minimum atomic E-state index is -0.679. The summed E-state index contributed by atoms with van der Waals surface area (Å²) in [5.41, 5.74) is 8.63. The number of aromatic nitrogens is 1. The van der Waals surface area contributed by atoms with Crippen molar-refractivity contribution < 1.29 is 13.9 Å². The molecule has 4 rings (SSSR count). The van der Waals surface area contributed by atoms with Crippen LogP contribution in [-0.2, 0) is 6.54 Å². The molecule has 0 spiro atoms. The molecule has 4 N–H and O–H groups in total. The van der Waals surface area contributed by atoms with Gasteiger partial charge in [-0.25, -0.2) is 4.39 Å². The summed E-state index contributed by atoms with van der Waals surface area (Å²) in [7, 11) is 0. The van der Waals surface area contributed by atoms with E-state index >= 15 is 4.39 Å². The average molecular weight is 486 g/mol. The first-order valence-corrected chi connectivity index (χ1v) is 11.1. The second kappa shape index (κ2) is 9.33. The number of nitrogens with one attached hydrogen (secondary N) is 2. The van der Waals surface area contributed by atoms with Crippen molar-refractivity contribution in [1.29, 1.82) is 0 Å². The standard InChI is InChI=1S/C25H22Cl2FN3O2/c1-13(2)21-18-5-3-4-6-20(18)31-23(21)25(32)30-12-14-7-8-19(27)24(22(14)28)33-17-10-15(26)9-16(29)11-17/h3-11,13,31H,12,29H2,1-2H3,(H,30,32). The number of amides is 1. The second-order valence-electron chi connectivity index (χ2n) is 7.97. The van der Waals surface area contributed by atoms with Crippen LogP contribution in [0.3, 0.4) is 0 Å². The third kappa shape index (κ3) is 4.77. The molecule has 0 bridgehead atoms. The van der Waals surface area contributed by atoms with Crippen molar-refractivity contribution >= 4 is 45.7 Å². The number of benzene rings is 3. The predicted molar refractivity (Wildman–Crippen MR) is 131 cm³/mol. The Balaban J connectivity index is 1.58. The van der Waals surface area contributed by atoms with Gasteiger partial charge in [0, 0.05) is 39.8 Å². The van der Waals surface area contributed by atoms with Gasteiger partial charge in [-0.3, -0.25) is 4.79 Å². The summed E-state index contributed by atoms with van der Waals surface area (Å²) in [6.07, 6.45) is 0. The van der Waals surface area contributed by atoms with Gasteiger partial charge < -0.3 is 20.8 Å². The lowest BCUT2D eigenvalue weighted by Gasteiger charge is -2.13. The number of carbonyl (C=O) groups excluding carboxylic acids is 1. The van der Waals surface area contributed by atoms with E-state index in [1.54, 1.807) is 6.07 Å². The molecule has 4 aromatic rings. The molecule has 1 heterocycles. The molecule has 1 aromatic heterocycles. The van der Waals surface area contributed by atoms with Crippen molar-refractivity contribution in [3.05, 3.63) is 87.3 Å². The molecule has 0 fully saturated rings. The quantitative estimate of drug-likeness (QED) is 0.256. The van der Waals surface area contributed by atoms with Crippen LogP contribution < -0.4 is 15.8 Å². The number of rotatable bonds is 6. The first kappa shape index (κ1) is 23.0. The van der Waals surface area contributed by atoms with Crippen LogP contribution in [0.5, 0.6) is 11.5 Å². The Hall–Kier alpha value is -3.22. The van der Waals surface area contributed by atoms with Crippen LogP contribution in [0.15, 0.2) is 54.6 Å². The maximum atomic E-state index is 15.2. The number of para-hydroxylation sites is 1. The summed E-state index contributed by atoms with van der Waals surface area (Å²) in [4.78, 5) is 16.2. The van der Waals surface area contributed by atoms with Crippen molar-refractivity contribution in [1.82, 2.24) is 10.3 Å². The number of carbonyl (C=O) groups is 1. The number of ether oxygens (including phenoxy) is 1. The number of hydrogen-bond donors (Lipinski definition) is 3. The van der Waals surface area contributed by atoms with E-state index in [1.165, 1.54) is 24.3 Å². The lowest BCUT2D eigenvalue weighted by atomic mass is 9.99. The zero-order valence-electron chi connectivity index (χ0n) is 18.0. The Bertz CT molecular complexity index is 1330. The van der Waals surface area contributed by atoms with E-state index in [1.807, 2.05) is 38.1 Å². The summed E-state index contributed by atoms with van der Waals surface area (Å²) >= 11 is 12.2. The third-order valence-corrected chi connectivity index (χ3v) is 5.75. The number of aromatic amines is 1. The van der Waals surface area contributed by atoms with Gasteiger partial charge in [-0.15, -0.1) is 0 Å². The fourth-order valence-corrected chi connectivity index (χ4v) is 4.19. The average Bonchev–Trinajstić information content (AvgIpc) is 3.15. The summed E-state index contributed by atoms with van der Waals surface area (Å²) < 4.78 is 20.8. The van der Waals surface area contributed by atoms with Crippen LogP contribution in [0.1, 0.15) is 41.4 Å². The van der Waals surface area contributed by atoms with Gasteiger partial charge in [0.25, 0.3) is 5.91 Å². The number of anilines is 1. The van der Waals surface area contributed by atoms with Gasteiger partial charge in [-0.2, -0.15) is 0 Å². The molecule has 8 heteroatoms. The van der Waals surface area contributed by atoms with Crippen molar-refractivity contribution in [2.24, 2.45) is 0 Å². The Morgan fingerprint density at radius 2 is 1.91 bits per heavy atom. The molecular weight excluding hydrogens is 464 g/mol.